The number of nitrogens with zero attached hydrogens (tertiary/aromatic N) is 5. The van der Waals surface area contributed by atoms with Crippen LogP contribution in [0.3, 0.4) is 0 Å². The van der Waals surface area contributed by atoms with Crippen LogP contribution in [0.2, 0.25) is 0 Å². The van der Waals surface area contributed by atoms with Crippen molar-refractivity contribution in [3.63, 3.8) is 0 Å². The van der Waals surface area contributed by atoms with E-state index in [9.17, 15) is 14.0 Å². The molecule has 1 aliphatic rings. The third-order valence-electron chi connectivity index (χ3n) is 6.19. The molecule has 0 radical (unpaired) electrons. The zero-order valence-corrected chi connectivity index (χ0v) is 20.1. The number of benzene rings is 2. The summed E-state index contributed by atoms with van der Waals surface area (Å²) >= 11 is 0. The molecule has 0 bridgehead atoms. The minimum Gasteiger partial charge on any atom is -0.353 e. The Hall–Kier alpha value is -4.18. The van der Waals surface area contributed by atoms with Crippen molar-refractivity contribution in [1.29, 1.82) is 0 Å². The van der Waals surface area contributed by atoms with Gasteiger partial charge in [-0.3, -0.25) is 9.59 Å². The summed E-state index contributed by atoms with van der Waals surface area (Å²) in [6.07, 6.45) is 2.05. The number of hydrogen-bond acceptors (Lipinski definition) is 7. The molecule has 2 aromatic carbocycles. The molecule has 0 atom stereocenters. The summed E-state index contributed by atoms with van der Waals surface area (Å²) in [5, 5.41) is 11.1. The summed E-state index contributed by atoms with van der Waals surface area (Å²) in [5.41, 5.74) is 2.69. The molecule has 36 heavy (non-hydrogen) atoms. The Morgan fingerprint density at radius 2 is 1.97 bits per heavy atom. The zero-order chi connectivity index (χ0) is 25.2. The van der Waals surface area contributed by atoms with Crippen molar-refractivity contribution in [2.24, 2.45) is 0 Å². The molecule has 2 N–H and O–H groups in total. The molecule has 184 valence electrons. The first-order valence-electron chi connectivity index (χ1n) is 11.7. The second kappa shape index (κ2) is 9.82. The van der Waals surface area contributed by atoms with E-state index >= 15 is 0 Å². The van der Waals surface area contributed by atoms with Crippen LogP contribution in [0.15, 0.2) is 53.5 Å². The van der Waals surface area contributed by atoms with Crippen LogP contribution in [0.25, 0.3) is 10.8 Å². The van der Waals surface area contributed by atoms with Gasteiger partial charge in [0.25, 0.3) is 11.5 Å². The predicted molar refractivity (Wildman–Crippen MR) is 134 cm³/mol. The molecule has 9 nitrogen and oxygen atoms in total. The monoisotopic (exact) mass is 487 g/mol. The van der Waals surface area contributed by atoms with Gasteiger partial charge in [-0.15, -0.1) is 0 Å². The fourth-order valence-electron chi connectivity index (χ4n) is 4.29. The molecule has 4 aromatic rings. The van der Waals surface area contributed by atoms with Gasteiger partial charge in [0.15, 0.2) is 0 Å². The van der Waals surface area contributed by atoms with Gasteiger partial charge in [-0.2, -0.15) is 5.10 Å². The summed E-state index contributed by atoms with van der Waals surface area (Å²) in [6, 6.07) is 11.7. The summed E-state index contributed by atoms with van der Waals surface area (Å²) in [4.78, 5) is 37.9. The molecule has 0 unspecified atom stereocenters. The largest absolute Gasteiger partial charge is 0.353 e. The molecule has 0 saturated carbocycles. The number of carbonyl (C=O) groups excluding carboxylic acids is 1. The fourth-order valence-corrected chi connectivity index (χ4v) is 4.29. The van der Waals surface area contributed by atoms with E-state index < -0.39 is 11.7 Å². The molecule has 0 saturated heterocycles. The van der Waals surface area contributed by atoms with Crippen molar-refractivity contribution < 1.29 is 9.18 Å². The number of aromatic nitrogens is 4. The molecule has 0 fully saturated rings. The molecule has 1 amide bonds. The number of amides is 1. The Morgan fingerprint density at radius 1 is 1.17 bits per heavy atom. The van der Waals surface area contributed by atoms with E-state index in [1.807, 2.05) is 26.2 Å². The lowest BCUT2D eigenvalue weighted by Crippen LogP contribution is -2.26. The zero-order valence-electron chi connectivity index (χ0n) is 20.1. The smallest absolute Gasteiger partial charge is 0.272 e. The van der Waals surface area contributed by atoms with E-state index in [0.717, 1.165) is 23.2 Å². The highest BCUT2D eigenvalue weighted by Crippen LogP contribution is 2.25. The lowest BCUT2D eigenvalue weighted by molar-refractivity contribution is 0.0745. The number of likely N-dealkylation sites (N-methyl/N-ethyl adjacent to an activating group) is 1. The number of fused-ring (bicyclic) bond motifs is 2. The first kappa shape index (κ1) is 23.6. The van der Waals surface area contributed by atoms with E-state index in [0.29, 0.717) is 42.1 Å². The van der Waals surface area contributed by atoms with Gasteiger partial charge < -0.3 is 15.1 Å². The fraction of sp³-hybridized carbons (Fsp3) is 0.269. The average molecular weight is 488 g/mol. The summed E-state index contributed by atoms with van der Waals surface area (Å²) in [6.45, 7) is 2.15. The maximum Gasteiger partial charge on any atom is 0.272 e. The highest BCUT2D eigenvalue weighted by atomic mass is 19.1. The molecule has 0 aliphatic carbocycles. The Kier molecular flexibility index (Phi) is 6.43. The van der Waals surface area contributed by atoms with Gasteiger partial charge in [-0.25, -0.2) is 19.5 Å². The van der Waals surface area contributed by atoms with Crippen molar-refractivity contribution in [2.45, 2.75) is 19.5 Å². The minimum absolute atomic E-state index is 0.00803. The van der Waals surface area contributed by atoms with Gasteiger partial charge >= 0.3 is 0 Å². The van der Waals surface area contributed by atoms with Gasteiger partial charge in [-0.1, -0.05) is 24.3 Å². The molecular formula is C26H26FN7O2. The van der Waals surface area contributed by atoms with Gasteiger partial charge in [0, 0.05) is 43.2 Å². The summed E-state index contributed by atoms with van der Waals surface area (Å²) in [5.74, 6) is -0.483. The van der Waals surface area contributed by atoms with Crippen molar-refractivity contribution in [3.05, 3.63) is 92.9 Å². The Labute approximate surface area is 207 Å². The average Bonchev–Trinajstić information content (AvgIpc) is 3.30. The number of carbonyl (C=O) groups is 1. The van der Waals surface area contributed by atoms with E-state index in [1.165, 1.54) is 6.07 Å². The Bertz CT molecular complexity index is 1500. The summed E-state index contributed by atoms with van der Waals surface area (Å²) < 4.78 is 14.8. The quantitative estimate of drug-likeness (QED) is 0.413. The lowest BCUT2D eigenvalue weighted by Gasteiger charge is -2.16. The van der Waals surface area contributed by atoms with Crippen LogP contribution in [0, 0.1) is 5.82 Å². The highest BCUT2D eigenvalue weighted by Gasteiger charge is 2.28. The van der Waals surface area contributed by atoms with Crippen LogP contribution < -0.4 is 10.9 Å². The maximum atomic E-state index is 14.8. The van der Waals surface area contributed by atoms with Crippen molar-refractivity contribution in [2.75, 3.05) is 32.5 Å². The molecule has 3 heterocycles. The standard InChI is InChI=1S/C26H26FN7O2/c1-33(2)10-9-28-26-29-13-17-14-34(15-23(17)30-26)25(36)20-11-16(7-8-21(20)27)12-22-18-5-3-4-6-19(18)24(35)32-31-22/h3-8,11,13H,9-10,12,14-15H2,1-2H3,(H,32,35)(H,28,29,30). The second-order valence-electron chi connectivity index (χ2n) is 9.09. The highest BCUT2D eigenvalue weighted by molar-refractivity contribution is 5.95. The molecule has 0 spiro atoms. The maximum absolute atomic E-state index is 14.8. The second-order valence-corrected chi connectivity index (χ2v) is 9.09. The number of rotatable bonds is 7. The Balaban J connectivity index is 1.34. The number of nitrogens with one attached hydrogen (secondary N) is 2. The number of H-pyrrole nitrogens is 1. The number of aromatic amines is 1. The van der Waals surface area contributed by atoms with Gasteiger partial charge in [0.2, 0.25) is 5.95 Å². The van der Waals surface area contributed by atoms with Crippen LogP contribution in [-0.2, 0) is 19.5 Å². The Morgan fingerprint density at radius 3 is 2.78 bits per heavy atom. The van der Waals surface area contributed by atoms with E-state index in [-0.39, 0.29) is 17.7 Å². The molecular weight excluding hydrogens is 461 g/mol. The van der Waals surface area contributed by atoms with Gasteiger partial charge in [-0.05, 0) is 37.9 Å². The topological polar surface area (TPSA) is 107 Å². The SMILES string of the molecule is CN(C)CCNc1ncc2c(n1)CN(C(=O)c1cc(Cc3n[nH]c(=O)c4ccccc34)ccc1F)C2. The third-order valence-corrected chi connectivity index (χ3v) is 6.19. The molecule has 2 aromatic heterocycles. The normalized spacial score (nSPS) is 12.8. The molecule has 10 heteroatoms. The van der Waals surface area contributed by atoms with Crippen molar-refractivity contribution in [1.82, 2.24) is 30.0 Å². The van der Waals surface area contributed by atoms with Crippen LogP contribution in [0.4, 0.5) is 10.3 Å². The van der Waals surface area contributed by atoms with E-state index in [2.05, 4.69) is 30.4 Å². The van der Waals surface area contributed by atoms with Crippen LogP contribution in [0.1, 0.15) is 32.9 Å². The number of halogens is 1. The first-order chi connectivity index (χ1) is 17.4. The van der Waals surface area contributed by atoms with Crippen LogP contribution >= 0.6 is 0 Å². The lowest BCUT2D eigenvalue weighted by atomic mass is 10.0. The predicted octanol–water partition coefficient (Wildman–Crippen LogP) is 2.57. The molecule has 5 rings (SSSR count). The van der Waals surface area contributed by atoms with Crippen molar-refractivity contribution >= 4 is 22.6 Å². The van der Waals surface area contributed by atoms with Gasteiger partial charge in [0.05, 0.1) is 28.9 Å². The van der Waals surface area contributed by atoms with E-state index in [1.54, 1.807) is 35.4 Å². The third kappa shape index (κ3) is 4.80. The first-order valence-corrected chi connectivity index (χ1v) is 11.7. The van der Waals surface area contributed by atoms with Crippen molar-refractivity contribution in [3.8, 4) is 0 Å². The van der Waals surface area contributed by atoms with Crippen LogP contribution in [-0.4, -0.2) is 63.1 Å². The van der Waals surface area contributed by atoms with Gasteiger partial charge in [0.1, 0.15) is 5.82 Å². The number of hydrogen-bond donors (Lipinski definition) is 2. The van der Waals surface area contributed by atoms with E-state index in [4.69, 9.17) is 0 Å². The van der Waals surface area contributed by atoms with Crippen LogP contribution in [0.5, 0.6) is 0 Å². The minimum atomic E-state index is -0.587. The number of anilines is 1. The molecule has 1 aliphatic heterocycles. The summed E-state index contributed by atoms with van der Waals surface area (Å²) in [7, 11) is 3.98.